The molecule has 0 saturated heterocycles. The van der Waals surface area contributed by atoms with Crippen molar-refractivity contribution in [2.45, 2.75) is 51.4 Å². The number of hydrogen-bond donors (Lipinski definition) is 1. The van der Waals surface area contributed by atoms with Crippen LogP contribution in [0.1, 0.15) is 56.9 Å². The van der Waals surface area contributed by atoms with E-state index in [0.717, 1.165) is 50.1 Å². The van der Waals surface area contributed by atoms with Gasteiger partial charge >= 0.3 is 0 Å². The summed E-state index contributed by atoms with van der Waals surface area (Å²) in [6.07, 6.45) is 5.74. The van der Waals surface area contributed by atoms with Gasteiger partial charge in [0.05, 0.1) is 5.69 Å². The Labute approximate surface area is 178 Å². The van der Waals surface area contributed by atoms with E-state index in [0.29, 0.717) is 17.3 Å². The molecule has 0 heterocycles. The number of hydrogen-bond acceptors (Lipinski definition) is 2. The van der Waals surface area contributed by atoms with Crippen LogP contribution in [0.5, 0.6) is 0 Å². The second-order valence-corrected chi connectivity index (χ2v) is 8.38. The van der Waals surface area contributed by atoms with Crippen molar-refractivity contribution in [3.63, 3.8) is 0 Å². The summed E-state index contributed by atoms with van der Waals surface area (Å²) in [6.45, 7) is 2.85. The number of anilines is 2. The number of benzene rings is 2. The standard InChI is InChI=1S/C24H30ClFN2O/c1-3-4-15-27-23-14-13-21(16-22(23)26)28(2)24(29)19-7-5-17(6-8-19)18-9-11-20(25)12-10-18/h9-14,16-17,19,27H,3-8,15H2,1-2H3. The summed E-state index contributed by atoms with van der Waals surface area (Å²) in [5.41, 5.74) is 2.39. The quantitative estimate of drug-likeness (QED) is 0.514. The molecule has 1 amide bonds. The fourth-order valence-corrected chi connectivity index (χ4v) is 4.19. The normalized spacial score (nSPS) is 19.0. The van der Waals surface area contributed by atoms with Crippen LogP contribution in [0.15, 0.2) is 42.5 Å². The lowest BCUT2D eigenvalue weighted by Gasteiger charge is -2.31. The van der Waals surface area contributed by atoms with Gasteiger partial charge in [-0.25, -0.2) is 4.39 Å². The minimum Gasteiger partial charge on any atom is -0.383 e. The Kier molecular flexibility index (Phi) is 7.54. The molecule has 1 aliphatic carbocycles. The first-order chi connectivity index (χ1) is 14.0. The van der Waals surface area contributed by atoms with Gasteiger partial charge in [-0.1, -0.05) is 37.1 Å². The lowest BCUT2D eigenvalue weighted by atomic mass is 9.78. The van der Waals surface area contributed by atoms with Gasteiger partial charge in [0.2, 0.25) is 5.91 Å². The van der Waals surface area contributed by atoms with Crippen LogP contribution >= 0.6 is 11.6 Å². The van der Waals surface area contributed by atoms with Gasteiger partial charge < -0.3 is 10.2 Å². The van der Waals surface area contributed by atoms with Crippen molar-refractivity contribution in [2.75, 3.05) is 23.8 Å². The third-order valence-electron chi connectivity index (χ3n) is 5.93. The van der Waals surface area contributed by atoms with Gasteiger partial charge in [-0.05, 0) is 73.9 Å². The summed E-state index contributed by atoms with van der Waals surface area (Å²) >= 11 is 5.98. The summed E-state index contributed by atoms with van der Waals surface area (Å²) in [6, 6.07) is 13.0. The highest BCUT2D eigenvalue weighted by atomic mass is 35.5. The maximum Gasteiger partial charge on any atom is 0.229 e. The molecule has 0 spiro atoms. The summed E-state index contributed by atoms with van der Waals surface area (Å²) in [7, 11) is 1.74. The van der Waals surface area contributed by atoms with Gasteiger partial charge in [0.15, 0.2) is 0 Å². The van der Waals surface area contributed by atoms with Gasteiger partial charge in [-0.15, -0.1) is 0 Å². The highest BCUT2D eigenvalue weighted by molar-refractivity contribution is 6.30. The number of nitrogens with zero attached hydrogens (tertiary/aromatic N) is 1. The Morgan fingerprint density at radius 3 is 2.45 bits per heavy atom. The fraction of sp³-hybridized carbons (Fsp3) is 0.458. The smallest absolute Gasteiger partial charge is 0.229 e. The van der Waals surface area contributed by atoms with Gasteiger partial charge in [0.25, 0.3) is 0 Å². The minimum atomic E-state index is -0.315. The van der Waals surface area contributed by atoms with Crippen molar-refractivity contribution >= 4 is 28.9 Å². The Morgan fingerprint density at radius 2 is 1.83 bits per heavy atom. The molecular formula is C24H30ClFN2O. The highest BCUT2D eigenvalue weighted by Crippen LogP contribution is 2.37. The average molecular weight is 417 g/mol. The number of unbranched alkanes of at least 4 members (excludes halogenated alkanes) is 1. The third kappa shape index (κ3) is 5.51. The molecule has 1 fully saturated rings. The van der Waals surface area contributed by atoms with Crippen LogP contribution in [0, 0.1) is 11.7 Å². The molecule has 5 heteroatoms. The van der Waals surface area contributed by atoms with Crippen molar-refractivity contribution in [1.82, 2.24) is 0 Å². The first-order valence-corrected chi connectivity index (χ1v) is 10.9. The van der Waals surface area contributed by atoms with Crippen LogP contribution in [-0.2, 0) is 4.79 Å². The Hall–Kier alpha value is -2.07. The summed E-state index contributed by atoms with van der Waals surface area (Å²) in [5, 5.41) is 3.86. The maximum atomic E-state index is 14.4. The summed E-state index contributed by atoms with van der Waals surface area (Å²) < 4.78 is 14.4. The molecule has 3 rings (SSSR count). The van der Waals surface area contributed by atoms with E-state index in [1.165, 1.54) is 11.6 Å². The van der Waals surface area contributed by atoms with E-state index >= 15 is 0 Å². The zero-order valence-electron chi connectivity index (χ0n) is 17.3. The first-order valence-electron chi connectivity index (χ1n) is 10.6. The molecule has 1 saturated carbocycles. The van der Waals surface area contributed by atoms with Gasteiger partial charge in [0.1, 0.15) is 5.82 Å². The van der Waals surface area contributed by atoms with Gasteiger partial charge in [0, 0.05) is 30.2 Å². The minimum absolute atomic E-state index is 0.00559. The molecule has 1 aliphatic rings. The number of rotatable bonds is 7. The van der Waals surface area contributed by atoms with Crippen LogP contribution in [0.4, 0.5) is 15.8 Å². The Balaban J connectivity index is 1.57. The molecule has 0 atom stereocenters. The van der Waals surface area contributed by atoms with E-state index in [2.05, 4.69) is 24.4 Å². The predicted octanol–water partition coefficient (Wildman–Crippen LogP) is 6.63. The van der Waals surface area contributed by atoms with E-state index in [-0.39, 0.29) is 17.6 Å². The molecule has 0 bridgehead atoms. The van der Waals surface area contributed by atoms with Crippen molar-refractivity contribution < 1.29 is 9.18 Å². The highest BCUT2D eigenvalue weighted by Gasteiger charge is 2.29. The second kappa shape index (κ2) is 10.1. The molecule has 0 aliphatic heterocycles. The fourth-order valence-electron chi connectivity index (χ4n) is 4.07. The number of carbonyl (C=O) groups is 1. The Bertz CT molecular complexity index is 816. The molecular weight excluding hydrogens is 387 g/mol. The predicted molar refractivity (Wildman–Crippen MR) is 119 cm³/mol. The molecule has 2 aromatic carbocycles. The van der Waals surface area contributed by atoms with Crippen molar-refractivity contribution in [2.24, 2.45) is 5.92 Å². The molecule has 0 aromatic heterocycles. The van der Waals surface area contributed by atoms with Crippen LogP contribution in [0.2, 0.25) is 5.02 Å². The third-order valence-corrected chi connectivity index (χ3v) is 6.19. The molecule has 0 radical (unpaired) electrons. The maximum absolute atomic E-state index is 14.4. The molecule has 156 valence electrons. The first kappa shape index (κ1) is 21.6. The van der Waals surface area contributed by atoms with E-state index in [1.807, 2.05) is 18.2 Å². The molecule has 2 aromatic rings. The van der Waals surface area contributed by atoms with E-state index < -0.39 is 0 Å². The lowest BCUT2D eigenvalue weighted by molar-refractivity contribution is -0.123. The number of halogens is 2. The SMILES string of the molecule is CCCCNc1ccc(N(C)C(=O)C2CCC(c3ccc(Cl)cc3)CC2)cc1F. The summed E-state index contributed by atoms with van der Waals surface area (Å²) in [4.78, 5) is 14.6. The number of carbonyl (C=O) groups excluding carboxylic acids is 1. The monoisotopic (exact) mass is 416 g/mol. The molecule has 3 nitrogen and oxygen atoms in total. The van der Waals surface area contributed by atoms with E-state index in [4.69, 9.17) is 11.6 Å². The zero-order chi connectivity index (χ0) is 20.8. The average Bonchev–Trinajstić information content (AvgIpc) is 2.74. The molecule has 0 unspecified atom stereocenters. The second-order valence-electron chi connectivity index (χ2n) is 7.94. The number of amides is 1. The van der Waals surface area contributed by atoms with Gasteiger partial charge in [-0.2, -0.15) is 0 Å². The van der Waals surface area contributed by atoms with Crippen LogP contribution in [0.25, 0.3) is 0 Å². The van der Waals surface area contributed by atoms with Crippen LogP contribution in [0.3, 0.4) is 0 Å². The molecule has 1 N–H and O–H groups in total. The Morgan fingerprint density at radius 1 is 1.14 bits per heavy atom. The lowest BCUT2D eigenvalue weighted by Crippen LogP contribution is -2.34. The van der Waals surface area contributed by atoms with Crippen LogP contribution < -0.4 is 10.2 Å². The zero-order valence-corrected chi connectivity index (χ0v) is 18.0. The summed E-state index contributed by atoms with van der Waals surface area (Å²) in [5.74, 6) is 0.233. The van der Waals surface area contributed by atoms with Crippen molar-refractivity contribution in [1.29, 1.82) is 0 Å². The number of nitrogens with one attached hydrogen (secondary N) is 1. The van der Waals surface area contributed by atoms with E-state index in [1.54, 1.807) is 18.0 Å². The largest absolute Gasteiger partial charge is 0.383 e. The molecule has 29 heavy (non-hydrogen) atoms. The topological polar surface area (TPSA) is 32.3 Å². The van der Waals surface area contributed by atoms with Crippen molar-refractivity contribution in [3.05, 3.63) is 58.9 Å². The van der Waals surface area contributed by atoms with E-state index in [9.17, 15) is 9.18 Å². The van der Waals surface area contributed by atoms with Crippen LogP contribution in [-0.4, -0.2) is 19.5 Å². The van der Waals surface area contributed by atoms with Crippen molar-refractivity contribution in [3.8, 4) is 0 Å². The van der Waals surface area contributed by atoms with Gasteiger partial charge in [-0.3, -0.25) is 4.79 Å².